The van der Waals surface area contributed by atoms with Crippen molar-refractivity contribution in [1.29, 1.82) is 0 Å². The summed E-state index contributed by atoms with van der Waals surface area (Å²) in [7, 11) is 2.89. The number of hydrogen-bond acceptors (Lipinski definition) is 5. The number of carbonyl (C=O) groups excluding carboxylic acids is 1. The molecule has 1 amide bonds. The zero-order valence-corrected chi connectivity index (χ0v) is 17.0. The second kappa shape index (κ2) is 8.75. The summed E-state index contributed by atoms with van der Waals surface area (Å²) < 4.78 is 11.2. The normalized spacial score (nSPS) is 11.0. The van der Waals surface area contributed by atoms with Crippen LogP contribution in [-0.2, 0) is 11.2 Å². The van der Waals surface area contributed by atoms with Crippen LogP contribution in [-0.4, -0.2) is 31.4 Å². The van der Waals surface area contributed by atoms with Crippen molar-refractivity contribution in [1.82, 2.24) is 5.43 Å². The van der Waals surface area contributed by atoms with Gasteiger partial charge in [0.15, 0.2) is 11.5 Å². The molecule has 0 spiro atoms. The Hall–Kier alpha value is -3.06. The average Bonchev–Trinajstić information content (AvgIpc) is 2.71. The van der Waals surface area contributed by atoms with E-state index >= 15 is 0 Å². The first-order valence-corrected chi connectivity index (χ1v) is 9.25. The van der Waals surface area contributed by atoms with Gasteiger partial charge >= 0.3 is 0 Å². The van der Waals surface area contributed by atoms with E-state index in [0.29, 0.717) is 5.56 Å². The minimum Gasteiger partial charge on any atom is -0.502 e. The standard InChI is InChI=1S/C21H19BrN2O4/c1-27-18-9-13(10-19(28-2)21(18)26)12-23-24-20(25)11-14-7-8-17(22)16-6-4-3-5-15(14)16/h3-10,12,26H,11H2,1-2H3,(H,24,25)/b23-12+. The third-order valence-electron chi connectivity index (χ3n) is 4.22. The van der Waals surface area contributed by atoms with Gasteiger partial charge in [-0.15, -0.1) is 0 Å². The van der Waals surface area contributed by atoms with Crippen LogP contribution in [0.5, 0.6) is 17.2 Å². The maximum Gasteiger partial charge on any atom is 0.244 e. The minimum atomic E-state index is -0.235. The number of nitrogens with one attached hydrogen (secondary N) is 1. The Labute approximate surface area is 170 Å². The van der Waals surface area contributed by atoms with Gasteiger partial charge in [-0.1, -0.05) is 46.3 Å². The molecule has 0 saturated heterocycles. The number of hydrogen-bond donors (Lipinski definition) is 2. The highest BCUT2D eigenvalue weighted by atomic mass is 79.9. The zero-order chi connectivity index (χ0) is 20.1. The van der Waals surface area contributed by atoms with Crippen molar-refractivity contribution in [3.8, 4) is 17.2 Å². The van der Waals surface area contributed by atoms with Crippen LogP contribution in [0.15, 0.2) is 58.1 Å². The molecule has 0 atom stereocenters. The first-order valence-electron chi connectivity index (χ1n) is 8.46. The van der Waals surface area contributed by atoms with Crippen LogP contribution in [0.1, 0.15) is 11.1 Å². The van der Waals surface area contributed by atoms with Crippen LogP contribution < -0.4 is 14.9 Å². The van der Waals surface area contributed by atoms with E-state index in [-0.39, 0.29) is 29.6 Å². The lowest BCUT2D eigenvalue weighted by Gasteiger charge is -2.09. The highest BCUT2D eigenvalue weighted by Crippen LogP contribution is 2.36. The molecule has 0 aliphatic rings. The highest BCUT2D eigenvalue weighted by molar-refractivity contribution is 9.10. The fourth-order valence-corrected chi connectivity index (χ4v) is 3.34. The lowest BCUT2D eigenvalue weighted by atomic mass is 10.0. The number of nitrogens with zero attached hydrogens (tertiary/aromatic N) is 1. The summed E-state index contributed by atoms with van der Waals surface area (Å²) >= 11 is 3.53. The molecule has 0 radical (unpaired) electrons. The number of phenolic OH excluding ortho intramolecular Hbond substituents is 1. The van der Waals surface area contributed by atoms with Crippen molar-refractivity contribution in [2.75, 3.05) is 14.2 Å². The molecule has 0 heterocycles. The van der Waals surface area contributed by atoms with Crippen LogP contribution in [0.25, 0.3) is 10.8 Å². The summed E-state index contributed by atoms with van der Waals surface area (Å²) in [4.78, 5) is 12.3. The molecule has 0 aromatic heterocycles. The summed E-state index contributed by atoms with van der Waals surface area (Å²) in [5.74, 6) is 0.191. The van der Waals surface area contributed by atoms with Crippen molar-refractivity contribution in [2.24, 2.45) is 5.10 Å². The van der Waals surface area contributed by atoms with E-state index in [1.54, 1.807) is 12.1 Å². The number of benzene rings is 3. The molecule has 2 N–H and O–H groups in total. The number of amides is 1. The summed E-state index contributed by atoms with van der Waals surface area (Å²) in [6, 6.07) is 14.9. The molecule has 7 heteroatoms. The van der Waals surface area contributed by atoms with Crippen LogP contribution in [0.2, 0.25) is 0 Å². The monoisotopic (exact) mass is 442 g/mol. The number of carbonyl (C=O) groups is 1. The number of halogens is 1. The van der Waals surface area contributed by atoms with Gasteiger partial charge in [-0.25, -0.2) is 5.43 Å². The van der Waals surface area contributed by atoms with Crippen LogP contribution in [0.3, 0.4) is 0 Å². The molecule has 28 heavy (non-hydrogen) atoms. The molecule has 0 aliphatic carbocycles. The van der Waals surface area contributed by atoms with Crippen LogP contribution in [0.4, 0.5) is 0 Å². The molecular formula is C21H19BrN2O4. The molecular weight excluding hydrogens is 424 g/mol. The molecule has 0 fully saturated rings. The molecule has 3 aromatic rings. The van der Waals surface area contributed by atoms with Crippen LogP contribution in [0, 0.1) is 0 Å². The highest BCUT2D eigenvalue weighted by Gasteiger charge is 2.11. The number of phenols is 1. The van der Waals surface area contributed by atoms with Crippen molar-refractivity contribution in [3.63, 3.8) is 0 Å². The zero-order valence-electron chi connectivity index (χ0n) is 15.4. The molecule has 3 aromatic carbocycles. The van der Waals surface area contributed by atoms with E-state index in [9.17, 15) is 9.90 Å². The number of fused-ring (bicyclic) bond motifs is 1. The Morgan fingerprint density at radius 2 is 1.75 bits per heavy atom. The third-order valence-corrected chi connectivity index (χ3v) is 4.91. The van der Waals surface area contributed by atoms with Gasteiger partial charge in [0, 0.05) is 10.0 Å². The maximum absolute atomic E-state index is 12.3. The van der Waals surface area contributed by atoms with Gasteiger partial charge in [-0.3, -0.25) is 4.79 Å². The number of hydrazone groups is 1. The lowest BCUT2D eigenvalue weighted by molar-refractivity contribution is -0.120. The van der Waals surface area contributed by atoms with E-state index in [0.717, 1.165) is 20.8 Å². The van der Waals surface area contributed by atoms with E-state index < -0.39 is 0 Å². The van der Waals surface area contributed by atoms with Gasteiger partial charge < -0.3 is 14.6 Å². The summed E-state index contributed by atoms with van der Waals surface area (Å²) in [6.45, 7) is 0. The molecule has 0 bridgehead atoms. The lowest BCUT2D eigenvalue weighted by Crippen LogP contribution is -2.19. The quantitative estimate of drug-likeness (QED) is 0.446. The van der Waals surface area contributed by atoms with Gasteiger partial charge in [-0.2, -0.15) is 5.10 Å². The number of aromatic hydroxyl groups is 1. The fourth-order valence-electron chi connectivity index (χ4n) is 2.86. The maximum atomic E-state index is 12.3. The van der Waals surface area contributed by atoms with Crippen molar-refractivity contribution >= 4 is 38.8 Å². The molecule has 3 rings (SSSR count). The number of rotatable bonds is 6. The molecule has 0 unspecified atom stereocenters. The van der Waals surface area contributed by atoms with Crippen molar-refractivity contribution in [3.05, 3.63) is 64.1 Å². The minimum absolute atomic E-state index is 0.0895. The SMILES string of the molecule is COc1cc(/C=N/NC(=O)Cc2ccc(Br)c3ccccc23)cc(OC)c1O. The van der Waals surface area contributed by atoms with Gasteiger partial charge in [0.2, 0.25) is 11.7 Å². The Morgan fingerprint density at radius 1 is 1.11 bits per heavy atom. The van der Waals surface area contributed by atoms with Crippen molar-refractivity contribution in [2.45, 2.75) is 6.42 Å². The van der Waals surface area contributed by atoms with E-state index in [1.807, 2.05) is 36.4 Å². The van der Waals surface area contributed by atoms with Gasteiger partial charge in [0.25, 0.3) is 0 Å². The molecule has 0 saturated carbocycles. The topological polar surface area (TPSA) is 80.2 Å². The second-order valence-electron chi connectivity index (χ2n) is 6.00. The summed E-state index contributed by atoms with van der Waals surface area (Å²) in [5.41, 5.74) is 4.05. The van der Waals surface area contributed by atoms with Crippen molar-refractivity contribution < 1.29 is 19.4 Å². The van der Waals surface area contributed by atoms with E-state index in [4.69, 9.17) is 9.47 Å². The third kappa shape index (κ3) is 4.26. The summed E-state index contributed by atoms with van der Waals surface area (Å²) in [5, 5.41) is 16.0. The van der Waals surface area contributed by atoms with E-state index in [1.165, 1.54) is 20.4 Å². The Bertz CT molecular complexity index is 1020. The predicted molar refractivity (Wildman–Crippen MR) is 112 cm³/mol. The van der Waals surface area contributed by atoms with E-state index in [2.05, 4.69) is 26.5 Å². The second-order valence-corrected chi connectivity index (χ2v) is 6.85. The Balaban J connectivity index is 1.72. The molecule has 144 valence electrons. The predicted octanol–water partition coefficient (Wildman–Crippen LogP) is 4.02. The molecule has 0 aliphatic heterocycles. The van der Waals surface area contributed by atoms with Gasteiger partial charge in [0.05, 0.1) is 26.9 Å². The van der Waals surface area contributed by atoms with Crippen LogP contribution >= 0.6 is 15.9 Å². The Kier molecular flexibility index (Phi) is 6.16. The first kappa shape index (κ1) is 19.7. The smallest absolute Gasteiger partial charge is 0.244 e. The fraction of sp³-hybridized carbons (Fsp3) is 0.143. The number of methoxy groups -OCH3 is 2. The molecule has 6 nitrogen and oxygen atoms in total. The average molecular weight is 443 g/mol. The number of ether oxygens (including phenoxy) is 2. The largest absolute Gasteiger partial charge is 0.502 e. The Morgan fingerprint density at radius 3 is 2.39 bits per heavy atom. The van der Waals surface area contributed by atoms with Gasteiger partial charge in [0.1, 0.15) is 0 Å². The van der Waals surface area contributed by atoms with Gasteiger partial charge in [-0.05, 0) is 34.5 Å². The first-order chi connectivity index (χ1) is 13.5. The summed E-state index contributed by atoms with van der Waals surface area (Å²) in [6.07, 6.45) is 1.66.